The summed E-state index contributed by atoms with van der Waals surface area (Å²) >= 11 is 1.66. The van der Waals surface area contributed by atoms with Crippen molar-refractivity contribution in [2.75, 3.05) is 20.2 Å². The van der Waals surface area contributed by atoms with E-state index in [0.29, 0.717) is 18.9 Å². The number of likely N-dealkylation sites (N-methyl/N-ethyl adjacent to an activating group) is 1. The second-order valence-corrected chi connectivity index (χ2v) is 6.10. The van der Waals surface area contributed by atoms with Gasteiger partial charge in [0, 0.05) is 11.4 Å². The number of nitrogens with one attached hydrogen (secondary N) is 1. The second-order valence-electron chi connectivity index (χ2n) is 5.01. The van der Waals surface area contributed by atoms with Crippen molar-refractivity contribution in [1.82, 2.24) is 14.9 Å². The molecule has 0 bridgehead atoms. The smallest absolute Gasteiger partial charge is 0.259 e. The number of aromatic amines is 1. The van der Waals surface area contributed by atoms with Gasteiger partial charge in [0.1, 0.15) is 10.7 Å². The van der Waals surface area contributed by atoms with Gasteiger partial charge in [-0.15, -0.1) is 11.3 Å². The summed E-state index contributed by atoms with van der Waals surface area (Å²) in [7, 11) is 1.90. The number of hydrogen-bond acceptors (Lipinski definition) is 5. The molecular formula is C13H17N3O2S. The van der Waals surface area contributed by atoms with E-state index in [1.165, 1.54) is 10.4 Å². The maximum atomic E-state index is 12.2. The fourth-order valence-corrected chi connectivity index (χ4v) is 3.91. The highest BCUT2D eigenvalue weighted by Gasteiger charge is 2.21. The SMILES string of the molecule is CN(CCO)Cc1nc2sc3c(c2c(=O)[nH]1)CCC3. The van der Waals surface area contributed by atoms with Crippen LogP contribution in [0.25, 0.3) is 10.2 Å². The molecule has 19 heavy (non-hydrogen) atoms. The Morgan fingerprint density at radius 2 is 2.32 bits per heavy atom. The highest BCUT2D eigenvalue weighted by Crippen LogP contribution is 2.34. The Bertz CT molecular complexity index is 662. The van der Waals surface area contributed by atoms with E-state index in [2.05, 4.69) is 9.97 Å². The van der Waals surface area contributed by atoms with Crippen molar-refractivity contribution in [1.29, 1.82) is 0 Å². The van der Waals surface area contributed by atoms with Crippen LogP contribution in [0.4, 0.5) is 0 Å². The van der Waals surface area contributed by atoms with Crippen LogP contribution < -0.4 is 5.56 Å². The summed E-state index contributed by atoms with van der Waals surface area (Å²) in [6.45, 7) is 1.23. The lowest BCUT2D eigenvalue weighted by Crippen LogP contribution is -2.24. The van der Waals surface area contributed by atoms with Crippen LogP contribution in [0.5, 0.6) is 0 Å². The molecule has 0 aliphatic heterocycles. The summed E-state index contributed by atoms with van der Waals surface area (Å²) < 4.78 is 0. The third-order valence-corrected chi connectivity index (χ3v) is 4.71. The molecule has 2 aromatic heterocycles. The molecule has 0 atom stereocenters. The lowest BCUT2D eigenvalue weighted by Gasteiger charge is -2.13. The van der Waals surface area contributed by atoms with E-state index >= 15 is 0 Å². The molecule has 0 saturated carbocycles. The molecule has 6 heteroatoms. The van der Waals surface area contributed by atoms with E-state index < -0.39 is 0 Å². The molecule has 0 unspecified atom stereocenters. The van der Waals surface area contributed by atoms with E-state index in [4.69, 9.17) is 5.11 Å². The van der Waals surface area contributed by atoms with Gasteiger partial charge in [0.25, 0.3) is 5.56 Å². The summed E-state index contributed by atoms with van der Waals surface area (Å²) in [5.74, 6) is 0.674. The third-order valence-electron chi connectivity index (χ3n) is 3.53. The van der Waals surface area contributed by atoms with Crippen molar-refractivity contribution in [2.24, 2.45) is 0 Å². The molecule has 0 amide bonds. The Morgan fingerprint density at radius 1 is 1.47 bits per heavy atom. The molecule has 0 spiro atoms. The fourth-order valence-electron chi connectivity index (χ4n) is 2.63. The van der Waals surface area contributed by atoms with Crippen LogP contribution in [-0.2, 0) is 19.4 Å². The second kappa shape index (κ2) is 5.03. The van der Waals surface area contributed by atoms with Gasteiger partial charge in [-0.05, 0) is 31.9 Å². The zero-order valence-electron chi connectivity index (χ0n) is 10.9. The van der Waals surface area contributed by atoms with Crippen LogP contribution in [-0.4, -0.2) is 40.2 Å². The minimum Gasteiger partial charge on any atom is -0.395 e. The molecule has 2 heterocycles. The van der Waals surface area contributed by atoms with Crippen LogP contribution in [0, 0.1) is 0 Å². The molecule has 0 aromatic carbocycles. The number of thiophene rings is 1. The molecule has 5 nitrogen and oxygen atoms in total. The summed E-state index contributed by atoms with van der Waals surface area (Å²) in [6.07, 6.45) is 3.23. The number of hydrogen-bond donors (Lipinski definition) is 2. The fraction of sp³-hybridized carbons (Fsp3) is 0.538. The van der Waals surface area contributed by atoms with E-state index in [-0.39, 0.29) is 12.2 Å². The Kier molecular flexibility index (Phi) is 3.38. The first-order valence-electron chi connectivity index (χ1n) is 6.52. The van der Waals surface area contributed by atoms with Crippen molar-refractivity contribution in [3.05, 3.63) is 26.6 Å². The summed E-state index contributed by atoms with van der Waals surface area (Å²) in [5.41, 5.74) is 1.20. The quantitative estimate of drug-likeness (QED) is 0.872. The van der Waals surface area contributed by atoms with Crippen molar-refractivity contribution < 1.29 is 5.11 Å². The minimum atomic E-state index is -0.0169. The largest absolute Gasteiger partial charge is 0.395 e. The zero-order chi connectivity index (χ0) is 13.4. The van der Waals surface area contributed by atoms with Crippen LogP contribution in [0.1, 0.15) is 22.7 Å². The Morgan fingerprint density at radius 3 is 3.11 bits per heavy atom. The average molecular weight is 279 g/mol. The van der Waals surface area contributed by atoms with Gasteiger partial charge in [-0.3, -0.25) is 9.69 Å². The summed E-state index contributed by atoms with van der Waals surface area (Å²) in [4.78, 5) is 23.8. The summed E-state index contributed by atoms with van der Waals surface area (Å²) in [5, 5.41) is 9.69. The maximum Gasteiger partial charge on any atom is 0.259 e. The van der Waals surface area contributed by atoms with Crippen LogP contribution in [0.2, 0.25) is 0 Å². The zero-order valence-corrected chi connectivity index (χ0v) is 11.7. The monoisotopic (exact) mass is 279 g/mol. The normalized spacial score (nSPS) is 14.5. The first-order valence-corrected chi connectivity index (χ1v) is 7.33. The van der Waals surface area contributed by atoms with Crippen LogP contribution in [0.3, 0.4) is 0 Å². The van der Waals surface area contributed by atoms with Gasteiger partial charge >= 0.3 is 0 Å². The van der Waals surface area contributed by atoms with Gasteiger partial charge in [0.2, 0.25) is 0 Å². The molecule has 0 radical (unpaired) electrons. The van der Waals surface area contributed by atoms with E-state index in [1.54, 1.807) is 11.3 Å². The lowest BCUT2D eigenvalue weighted by molar-refractivity contribution is 0.214. The predicted octanol–water partition coefficient (Wildman–Crippen LogP) is 0.897. The number of H-pyrrole nitrogens is 1. The number of aliphatic hydroxyl groups excluding tert-OH is 1. The Labute approximate surface area is 114 Å². The molecular weight excluding hydrogens is 262 g/mol. The van der Waals surface area contributed by atoms with Crippen molar-refractivity contribution >= 4 is 21.6 Å². The van der Waals surface area contributed by atoms with Crippen molar-refractivity contribution in [3.63, 3.8) is 0 Å². The van der Waals surface area contributed by atoms with Crippen molar-refractivity contribution in [2.45, 2.75) is 25.8 Å². The molecule has 2 aromatic rings. The van der Waals surface area contributed by atoms with Gasteiger partial charge in [0.15, 0.2) is 0 Å². The highest BCUT2D eigenvalue weighted by atomic mass is 32.1. The highest BCUT2D eigenvalue weighted by molar-refractivity contribution is 7.18. The topological polar surface area (TPSA) is 69.2 Å². The van der Waals surface area contributed by atoms with Gasteiger partial charge in [-0.2, -0.15) is 0 Å². The predicted molar refractivity (Wildman–Crippen MR) is 75.7 cm³/mol. The van der Waals surface area contributed by atoms with Gasteiger partial charge < -0.3 is 10.1 Å². The number of aryl methyl sites for hydroxylation is 2. The molecule has 1 aliphatic carbocycles. The van der Waals surface area contributed by atoms with E-state index in [0.717, 1.165) is 29.5 Å². The van der Waals surface area contributed by atoms with Crippen molar-refractivity contribution in [3.8, 4) is 0 Å². The van der Waals surface area contributed by atoms with Gasteiger partial charge in [-0.1, -0.05) is 0 Å². The average Bonchev–Trinajstić information content (AvgIpc) is 2.88. The number of fused-ring (bicyclic) bond motifs is 3. The molecule has 0 saturated heterocycles. The minimum absolute atomic E-state index is 0.0169. The third kappa shape index (κ3) is 2.31. The Balaban J connectivity index is 1.99. The molecule has 1 aliphatic rings. The molecule has 3 rings (SSSR count). The first-order chi connectivity index (χ1) is 9.19. The molecule has 0 fully saturated rings. The van der Waals surface area contributed by atoms with Crippen LogP contribution >= 0.6 is 11.3 Å². The summed E-state index contributed by atoms with van der Waals surface area (Å²) in [6, 6.07) is 0. The number of nitrogens with zero attached hydrogens (tertiary/aromatic N) is 2. The number of aromatic nitrogens is 2. The van der Waals surface area contributed by atoms with E-state index in [9.17, 15) is 4.79 Å². The standard InChI is InChI=1S/C13H17N3O2S/c1-16(5-6-17)7-10-14-12(18)11-8-3-2-4-9(8)19-13(11)15-10/h17H,2-7H2,1H3,(H,14,15,18). The Hall–Kier alpha value is -1.24. The molecule has 102 valence electrons. The number of aliphatic hydroxyl groups is 1. The first kappa shape index (κ1) is 12.8. The maximum absolute atomic E-state index is 12.2. The van der Waals surface area contributed by atoms with Gasteiger partial charge in [0.05, 0.1) is 18.5 Å². The lowest BCUT2D eigenvalue weighted by atomic mass is 10.2. The van der Waals surface area contributed by atoms with Gasteiger partial charge in [-0.25, -0.2) is 4.98 Å². The molecule has 2 N–H and O–H groups in total. The number of rotatable bonds is 4. The van der Waals surface area contributed by atoms with Crippen LogP contribution in [0.15, 0.2) is 4.79 Å². The van der Waals surface area contributed by atoms with E-state index in [1.807, 2.05) is 11.9 Å².